The fourth-order valence-electron chi connectivity index (χ4n) is 2.44. The Hall–Kier alpha value is -2.35. The van der Waals surface area contributed by atoms with E-state index in [-0.39, 0.29) is 11.9 Å². The first-order valence-corrected chi connectivity index (χ1v) is 9.62. The van der Waals surface area contributed by atoms with Crippen LogP contribution in [0.2, 0.25) is 0 Å². The van der Waals surface area contributed by atoms with Crippen LogP contribution >= 0.6 is 11.8 Å². The van der Waals surface area contributed by atoms with Crippen LogP contribution in [0.3, 0.4) is 0 Å². The largest absolute Gasteiger partial charge is 0.336 e. The van der Waals surface area contributed by atoms with Gasteiger partial charge in [0.25, 0.3) is 0 Å². The van der Waals surface area contributed by atoms with Crippen LogP contribution in [0.5, 0.6) is 0 Å². The van der Waals surface area contributed by atoms with Crippen LogP contribution in [0, 0.1) is 0 Å². The van der Waals surface area contributed by atoms with Gasteiger partial charge in [-0.25, -0.2) is 14.5 Å². The van der Waals surface area contributed by atoms with E-state index in [1.54, 1.807) is 6.92 Å². The summed E-state index contributed by atoms with van der Waals surface area (Å²) in [6, 6.07) is 9.34. The Labute approximate surface area is 157 Å². The summed E-state index contributed by atoms with van der Waals surface area (Å²) in [5.74, 6) is 0.999. The summed E-state index contributed by atoms with van der Waals surface area (Å²) in [6.45, 7) is 5.41. The van der Waals surface area contributed by atoms with Gasteiger partial charge in [0.1, 0.15) is 5.82 Å². The van der Waals surface area contributed by atoms with Crippen molar-refractivity contribution in [3.8, 4) is 5.69 Å². The molecule has 1 atom stereocenters. The number of hydrogen-bond acceptors (Lipinski definition) is 5. The van der Waals surface area contributed by atoms with Gasteiger partial charge in [0.15, 0.2) is 0 Å². The van der Waals surface area contributed by atoms with Crippen molar-refractivity contribution in [2.75, 3.05) is 0 Å². The predicted octanol–water partition coefficient (Wildman–Crippen LogP) is 2.86. The molecule has 0 saturated heterocycles. The normalized spacial score (nSPS) is 14.9. The fraction of sp³-hybridized carbons (Fsp3) is 0.444. The molecule has 1 fully saturated rings. The Bertz CT molecular complexity index is 786. The van der Waals surface area contributed by atoms with Crippen molar-refractivity contribution in [1.82, 2.24) is 25.4 Å². The molecule has 1 aliphatic carbocycles. The first-order chi connectivity index (χ1) is 12.4. The summed E-state index contributed by atoms with van der Waals surface area (Å²) in [6.07, 6.45) is 2.22. The quantitative estimate of drug-likeness (QED) is 0.760. The third-order valence-corrected chi connectivity index (χ3v) is 4.82. The lowest BCUT2D eigenvalue weighted by molar-refractivity contribution is -0.119. The smallest absolute Gasteiger partial charge is 0.321 e. The maximum Gasteiger partial charge on any atom is 0.321 e. The summed E-state index contributed by atoms with van der Waals surface area (Å²) in [5.41, 5.74) is 0.960. The Kier molecular flexibility index (Phi) is 5.61. The lowest BCUT2D eigenvalue weighted by Crippen LogP contribution is -2.45. The number of imide groups is 1. The van der Waals surface area contributed by atoms with Crippen molar-refractivity contribution in [3.05, 3.63) is 36.2 Å². The van der Waals surface area contributed by atoms with Crippen molar-refractivity contribution in [2.24, 2.45) is 0 Å². The summed E-state index contributed by atoms with van der Waals surface area (Å²) in [5, 5.41) is 9.63. The molecular formula is C18H23N5O2S. The zero-order chi connectivity index (χ0) is 18.7. The predicted molar refractivity (Wildman–Crippen MR) is 100 cm³/mol. The highest BCUT2D eigenvalue weighted by Gasteiger charge is 2.31. The average molecular weight is 373 g/mol. The van der Waals surface area contributed by atoms with E-state index in [0.29, 0.717) is 11.1 Å². The molecule has 1 heterocycles. The van der Waals surface area contributed by atoms with Crippen LogP contribution in [-0.2, 0) is 4.79 Å². The van der Waals surface area contributed by atoms with Gasteiger partial charge >= 0.3 is 6.03 Å². The van der Waals surface area contributed by atoms with E-state index in [0.717, 1.165) is 24.4 Å². The third-order valence-electron chi connectivity index (χ3n) is 3.86. The number of rotatable bonds is 6. The Morgan fingerprint density at radius 1 is 1.19 bits per heavy atom. The van der Waals surface area contributed by atoms with Crippen molar-refractivity contribution >= 4 is 23.7 Å². The molecule has 1 aliphatic rings. The molecule has 2 aromatic rings. The zero-order valence-electron chi connectivity index (χ0n) is 15.1. The summed E-state index contributed by atoms with van der Waals surface area (Å²) in [7, 11) is 0. The van der Waals surface area contributed by atoms with Gasteiger partial charge in [-0.3, -0.25) is 10.1 Å². The van der Waals surface area contributed by atoms with Gasteiger partial charge in [0.2, 0.25) is 11.1 Å². The molecule has 1 aromatic carbocycles. The minimum absolute atomic E-state index is 0.0323. The molecule has 138 valence electrons. The van der Waals surface area contributed by atoms with E-state index >= 15 is 0 Å². The maximum atomic E-state index is 12.2. The number of benzene rings is 1. The van der Waals surface area contributed by atoms with Gasteiger partial charge in [-0.1, -0.05) is 30.0 Å². The Balaban J connectivity index is 1.70. The van der Waals surface area contributed by atoms with Crippen molar-refractivity contribution in [1.29, 1.82) is 0 Å². The van der Waals surface area contributed by atoms with Gasteiger partial charge in [0.05, 0.1) is 10.9 Å². The maximum absolute atomic E-state index is 12.2. The van der Waals surface area contributed by atoms with E-state index in [1.807, 2.05) is 48.9 Å². The van der Waals surface area contributed by atoms with Gasteiger partial charge in [-0.05, 0) is 45.7 Å². The van der Waals surface area contributed by atoms with Crippen LogP contribution in [0.15, 0.2) is 35.5 Å². The van der Waals surface area contributed by atoms with Crippen molar-refractivity contribution in [2.45, 2.75) is 56.0 Å². The second-order valence-corrected chi connectivity index (χ2v) is 7.96. The molecule has 0 bridgehead atoms. The molecule has 3 amide bonds. The zero-order valence-corrected chi connectivity index (χ0v) is 15.9. The molecule has 2 N–H and O–H groups in total. The van der Waals surface area contributed by atoms with Crippen LogP contribution in [0.4, 0.5) is 4.79 Å². The van der Waals surface area contributed by atoms with E-state index in [1.165, 1.54) is 11.8 Å². The molecule has 0 radical (unpaired) electrons. The topological polar surface area (TPSA) is 88.9 Å². The number of hydrogen-bond donors (Lipinski definition) is 2. The number of carbonyl (C=O) groups is 2. The Morgan fingerprint density at radius 2 is 1.88 bits per heavy atom. The lowest BCUT2D eigenvalue weighted by atomic mass is 10.3. The van der Waals surface area contributed by atoms with E-state index in [2.05, 4.69) is 20.7 Å². The van der Waals surface area contributed by atoms with Crippen molar-refractivity contribution in [3.63, 3.8) is 0 Å². The molecule has 26 heavy (non-hydrogen) atoms. The molecule has 0 aliphatic heterocycles. The van der Waals surface area contributed by atoms with Crippen LogP contribution < -0.4 is 10.6 Å². The number of carbonyl (C=O) groups excluding carboxylic acids is 2. The average Bonchev–Trinajstić information content (AvgIpc) is 3.35. The second kappa shape index (κ2) is 7.90. The number of thioether (sulfide) groups is 1. The molecule has 3 rings (SSSR count). The van der Waals surface area contributed by atoms with E-state index in [4.69, 9.17) is 0 Å². The third kappa shape index (κ3) is 4.63. The number of nitrogens with zero attached hydrogens (tertiary/aromatic N) is 3. The number of para-hydroxylation sites is 1. The highest BCUT2D eigenvalue weighted by atomic mass is 32.2. The molecule has 8 heteroatoms. The monoisotopic (exact) mass is 373 g/mol. The van der Waals surface area contributed by atoms with E-state index < -0.39 is 11.3 Å². The van der Waals surface area contributed by atoms with Gasteiger partial charge in [-0.2, -0.15) is 0 Å². The van der Waals surface area contributed by atoms with Gasteiger partial charge < -0.3 is 5.32 Å². The molecule has 1 aromatic heterocycles. The summed E-state index contributed by atoms with van der Waals surface area (Å²) >= 11 is 1.25. The summed E-state index contributed by atoms with van der Waals surface area (Å²) < 4.78 is 1.86. The standard InChI is InChI=1S/C18H23N5O2S/c1-11(2)19-17(25)21-16(24)12(3)26-18-20-15(13-9-10-13)23(22-18)14-7-5-4-6-8-14/h4-8,11-13H,9-10H2,1-3H3,(H2,19,21,24,25)/t12-/m0/s1. The first kappa shape index (κ1) is 18.4. The number of urea groups is 1. The highest BCUT2D eigenvalue weighted by Crippen LogP contribution is 2.40. The first-order valence-electron chi connectivity index (χ1n) is 8.74. The van der Waals surface area contributed by atoms with Crippen LogP contribution in [-0.4, -0.2) is 38.0 Å². The number of nitrogens with one attached hydrogen (secondary N) is 2. The Morgan fingerprint density at radius 3 is 2.50 bits per heavy atom. The minimum Gasteiger partial charge on any atom is -0.336 e. The van der Waals surface area contributed by atoms with Gasteiger partial charge in [0, 0.05) is 12.0 Å². The SMILES string of the molecule is CC(C)NC(=O)NC(=O)[C@H](C)Sc1nc(C2CC2)n(-c2ccccc2)n1. The molecule has 0 unspecified atom stereocenters. The molecule has 1 saturated carbocycles. The van der Waals surface area contributed by atoms with E-state index in [9.17, 15) is 9.59 Å². The fourth-order valence-corrected chi connectivity index (χ4v) is 3.20. The molecular weight excluding hydrogens is 350 g/mol. The van der Waals surface area contributed by atoms with Crippen molar-refractivity contribution < 1.29 is 9.59 Å². The number of amides is 3. The highest BCUT2D eigenvalue weighted by molar-refractivity contribution is 8.00. The van der Waals surface area contributed by atoms with Crippen LogP contribution in [0.1, 0.15) is 45.4 Å². The lowest BCUT2D eigenvalue weighted by Gasteiger charge is -2.11. The summed E-state index contributed by atoms with van der Waals surface area (Å²) in [4.78, 5) is 28.5. The number of aromatic nitrogens is 3. The second-order valence-electron chi connectivity index (χ2n) is 6.65. The van der Waals surface area contributed by atoms with Crippen LogP contribution in [0.25, 0.3) is 5.69 Å². The minimum atomic E-state index is -0.487. The van der Waals surface area contributed by atoms with Gasteiger partial charge in [-0.15, -0.1) is 5.10 Å². The molecule has 0 spiro atoms. The molecule has 7 nitrogen and oxygen atoms in total.